The summed E-state index contributed by atoms with van der Waals surface area (Å²) in [7, 11) is 0. The maximum atomic E-state index is 11.0. The third-order valence-corrected chi connectivity index (χ3v) is 1.28. The maximum Gasteiger partial charge on any atom is 0.182 e. The van der Waals surface area contributed by atoms with Crippen LogP contribution in [-0.4, -0.2) is 15.8 Å². The minimum atomic E-state index is -0.0162. The number of nitrogen functional groups attached to an aromatic ring is 1. The molecule has 4 nitrogen and oxygen atoms in total. The zero-order chi connectivity index (χ0) is 8.27. The Kier molecular flexibility index (Phi) is 2.15. The lowest BCUT2D eigenvalue weighted by atomic mass is 10.2. The second kappa shape index (κ2) is 3.09. The summed E-state index contributed by atoms with van der Waals surface area (Å²) < 4.78 is 0. The number of rotatable bonds is 2. The molecule has 0 saturated carbocycles. The Balaban J connectivity index is 2.90. The Morgan fingerprint density at radius 1 is 1.55 bits per heavy atom. The van der Waals surface area contributed by atoms with Gasteiger partial charge in [-0.15, -0.1) is 0 Å². The molecule has 0 aromatic carbocycles. The first kappa shape index (κ1) is 7.65. The number of Topliss-reactive ketones (excluding diaryl/α,β-unsaturated/α-hetero) is 1. The molecule has 0 unspecified atom stereocenters. The van der Waals surface area contributed by atoms with E-state index in [-0.39, 0.29) is 5.78 Å². The summed E-state index contributed by atoms with van der Waals surface area (Å²) in [5.74, 6) is 0.315. The predicted molar refractivity (Wildman–Crippen MR) is 41.1 cm³/mol. The van der Waals surface area contributed by atoms with E-state index in [4.69, 9.17) is 5.73 Å². The number of ketones is 1. The molecule has 1 aromatic heterocycles. The number of nitrogens with two attached hydrogens (primary N) is 1. The number of hydrogen-bond donors (Lipinski definition) is 1. The Labute approximate surface area is 64.5 Å². The highest BCUT2D eigenvalue weighted by atomic mass is 16.1. The molecule has 0 aliphatic heterocycles. The van der Waals surface area contributed by atoms with Crippen LogP contribution in [0, 0.1) is 0 Å². The molecule has 0 spiro atoms. The number of anilines is 1. The summed E-state index contributed by atoms with van der Waals surface area (Å²) >= 11 is 0. The molecule has 0 amide bonds. The summed E-state index contributed by atoms with van der Waals surface area (Å²) in [6.45, 7) is 1.78. The lowest BCUT2D eigenvalue weighted by molar-refractivity contribution is 0.0983. The smallest absolute Gasteiger partial charge is 0.182 e. The molecule has 0 fully saturated rings. The standard InChI is InChI=1S/C7H9N3O/c1-2-6(11)5-3-10-7(8)4-9-5/h3-4H,2H2,1H3,(H2,8,10). The van der Waals surface area contributed by atoms with Gasteiger partial charge in [0.2, 0.25) is 0 Å². The first-order chi connectivity index (χ1) is 5.24. The van der Waals surface area contributed by atoms with Crippen LogP contribution in [0.3, 0.4) is 0 Å². The molecule has 0 aliphatic rings. The molecule has 4 heteroatoms. The van der Waals surface area contributed by atoms with Crippen molar-refractivity contribution in [1.82, 2.24) is 9.97 Å². The number of carbonyl (C=O) groups excluding carboxylic acids is 1. The molecule has 0 saturated heterocycles. The highest BCUT2D eigenvalue weighted by Crippen LogP contribution is 1.98. The van der Waals surface area contributed by atoms with Gasteiger partial charge in [0, 0.05) is 6.42 Å². The van der Waals surface area contributed by atoms with E-state index >= 15 is 0 Å². The topological polar surface area (TPSA) is 68.9 Å². The zero-order valence-electron chi connectivity index (χ0n) is 6.24. The van der Waals surface area contributed by atoms with Crippen LogP contribution in [0.15, 0.2) is 12.4 Å². The third-order valence-electron chi connectivity index (χ3n) is 1.28. The molecule has 0 radical (unpaired) electrons. The summed E-state index contributed by atoms with van der Waals surface area (Å²) in [6, 6.07) is 0. The van der Waals surface area contributed by atoms with Gasteiger partial charge in [-0.25, -0.2) is 9.97 Å². The van der Waals surface area contributed by atoms with Gasteiger partial charge in [0.15, 0.2) is 5.78 Å². The summed E-state index contributed by atoms with van der Waals surface area (Å²) in [5.41, 5.74) is 5.66. The second-order valence-electron chi connectivity index (χ2n) is 2.10. The normalized spacial score (nSPS) is 9.55. The quantitative estimate of drug-likeness (QED) is 0.630. The van der Waals surface area contributed by atoms with E-state index in [2.05, 4.69) is 9.97 Å². The second-order valence-corrected chi connectivity index (χ2v) is 2.10. The minimum absolute atomic E-state index is 0.0162. The van der Waals surface area contributed by atoms with Gasteiger partial charge in [0.25, 0.3) is 0 Å². The van der Waals surface area contributed by atoms with Crippen molar-refractivity contribution < 1.29 is 4.79 Å². The van der Waals surface area contributed by atoms with E-state index in [1.165, 1.54) is 12.4 Å². The van der Waals surface area contributed by atoms with Gasteiger partial charge in [-0.1, -0.05) is 6.92 Å². The maximum absolute atomic E-state index is 11.0. The lowest BCUT2D eigenvalue weighted by Gasteiger charge is -1.94. The van der Waals surface area contributed by atoms with Crippen LogP contribution in [-0.2, 0) is 0 Å². The lowest BCUT2D eigenvalue weighted by Crippen LogP contribution is -2.02. The van der Waals surface area contributed by atoms with Crippen LogP contribution in [0.1, 0.15) is 23.8 Å². The molecule has 0 bridgehead atoms. The molecule has 2 N–H and O–H groups in total. The molecule has 0 aliphatic carbocycles. The largest absolute Gasteiger partial charge is 0.382 e. The predicted octanol–water partition coefficient (Wildman–Crippen LogP) is 0.652. The van der Waals surface area contributed by atoms with E-state index in [1.807, 2.05) is 0 Å². The summed E-state index contributed by atoms with van der Waals surface area (Å²) in [5, 5.41) is 0. The van der Waals surface area contributed by atoms with Gasteiger partial charge < -0.3 is 5.73 Å². The number of aromatic nitrogens is 2. The average Bonchev–Trinajstić information content (AvgIpc) is 2.05. The Morgan fingerprint density at radius 2 is 2.27 bits per heavy atom. The van der Waals surface area contributed by atoms with Crippen molar-refractivity contribution in [3.05, 3.63) is 18.1 Å². The Morgan fingerprint density at radius 3 is 2.73 bits per heavy atom. The molecule has 1 heterocycles. The Hall–Kier alpha value is -1.45. The van der Waals surface area contributed by atoms with Crippen LogP contribution in [0.4, 0.5) is 5.82 Å². The number of carbonyl (C=O) groups is 1. The van der Waals surface area contributed by atoms with Crippen LogP contribution in [0.25, 0.3) is 0 Å². The van der Waals surface area contributed by atoms with Crippen molar-refractivity contribution in [2.75, 3.05) is 5.73 Å². The first-order valence-electron chi connectivity index (χ1n) is 3.34. The molecule has 1 aromatic rings. The molecule has 0 atom stereocenters. The average molecular weight is 151 g/mol. The van der Waals surface area contributed by atoms with E-state index in [0.29, 0.717) is 17.9 Å². The first-order valence-corrected chi connectivity index (χ1v) is 3.34. The molecular weight excluding hydrogens is 142 g/mol. The summed E-state index contributed by atoms with van der Waals surface area (Å²) in [6.07, 6.45) is 3.21. The molecular formula is C7H9N3O. The van der Waals surface area contributed by atoms with Gasteiger partial charge >= 0.3 is 0 Å². The van der Waals surface area contributed by atoms with Gasteiger partial charge in [0.1, 0.15) is 11.5 Å². The molecule has 58 valence electrons. The van der Waals surface area contributed by atoms with Crippen molar-refractivity contribution in [2.24, 2.45) is 0 Å². The number of hydrogen-bond acceptors (Lipinski definition) is 4. The van der Waals surface area contributed by atoms with Crippen LogP contribution >= 0.6 is 0 Å². The fraction of sp³-hybridized carbons (Fsp3) is 0.286. The van der Waals surface area contributed by atoms with E-state index in [9.17, 15) is 4.79 Å². The molecule has 11 heavy (non-hydrogen) atoms. The monoisotopic (exact) mass is 151 g/mol. The highest BCUT2D eigenvalue weighted by Gasteiger charge is 2.03. The van der Waals surface area contributed by atoms with E-state index in [0.717, 1.165) is 0 Å². The highest BCUT2D eigenvalue weighted by molar-refractivity contribution is 5.93. The number of nitrogens with zero attached hydrogens (tertiary/aromatic N) is 2. The van der Waals surface area contributed by atoms with Gasteiger partial charge in [-0.05, 0) is 0 Å². The van der Waals surface area contributed by atoms with Gasteiger partial charge in [-0.2, -0.15) is 0 Å². The van der Waals surface area contributed by atoms with Crippen molar-refractivity contribution in [3.8, 4) is 0 Å². The fourth-order valence-corrected chi connectivity index (χ4v) is 0.663. The SMILES string of the molecule is CCC(=O)c1cnc(N)cn1. The zero-order valence-corrected chi connectivity index (χ0v) is 6.24. The van der Waals surface area contributed by atoms with Gasteiger partial charge in [0.05, 0.1) is 12.4 Å². The van der Waals surface area contributed by atoms with Gasteiger partial charge in [-0.3, -0.25) is 4.79 Å². The third kappa shape index (κ3) is 1.73. The molecule has 1 rings (SSSR count). The van der Waals surface area contributed by atoms with Crippen LogP contribution < -0.4 is 5.73 Å². The van der Waals surface area contributed by atoms with Crippen molar-refractivity contribution in [2.45, 2.75) is 13.3 Å². The summed E-state index contributed by atoms with van der Waals surface area (Å²) in [4.78, 5) is 18.5. The van der Waals surface area contributed by atoms with E-state index < -0.39 is 0 Å². The minimum Gasteiger partial charge on any atom is -0.382 e. The van der Waals surface area contributed by atoms with Crippen molar-refractivity contribution in [3.63, 3.8) is 0 Å². The van der Waals surface area contributed by atoms with Crippen LogP contribution in [0.5, 0.6) is 0 Å². The Bertz CT molecular complexity index is 255. The van der Waals surface area contributed by atoms with Crippen LogP contribution in [0.2, 0.25) is 0 Å². The van der Waals surface area contributed by atoms with Crippen molar-refractivity contribution >= 4 is 11.6 Å². The fourth-order valence-electron chi connectivity index (χ4n) is 0.663. The van der Waals surface area contributed by atoms with E-state index in [1.54, 1.807) is 6.92 Å². The van der Waals surface area contributed by atoms with Crippen molar-refractivity contribution in [1.29, 1.82) is 0 Å².